The highest BCUT2D eigenvalue weighted by Crippen LogP contribution is 2.29. The molecule has 1 saturated heterocycles. The number of fused-ring (bicyclic) bond motifs is 1. The molecule has 2 N–H and O–H groups in total. The van der Waals surface area contributed by atoms with Crippen molar-refractivity contribution >= 4 is 10.9 Å². The molecular weight excluding hydrogens is 482 g/mol. The standard InChI is InChI=1S/C27H26F2N4O4/c28-18-3-8-25(31-15-18)37-20-5-7-24-22(12-20)27(35)33(16-17-2-1-9-30-14-17)26(32-24)21-6-4-19(13-23(21)29)36-11-10-34/h3-8,12-13,15,17,30,34H,1-2,9-11,14,16H2/t17-/m0/s1. The van der Waals surface area contributed by atoms with Gasteiger partial charge in [0.05, 0.1) is 29.3 Å². The fourth-order valence-electron chi connectivity index (χ4n) is 4.45. The van der Waals surface area contributed by atoms with E-state index >= 15 is 4.39 Å². The molecule has 2 aromatic heterocycles. The fraction of sp³-hybridized carbons (Fsp3) is 0.296. The second-order valence-electron chi connectivity index (χ2n) is 8.87. The quantitative estimate of drug-likeness (QED) is 0.373. The maximum Gasteiger partial charge on any atom is 0.261 e. The van der Waals surface area contributed by atoms with E-state index in [0.29, 0.717) is 23.2 Å². The summed E-state index contributed by atoms with van der Waals surface area (Å²) in [4.78, 5) is 22.3. The number of aromatic nitrogens is 3. The molecule has 1 aliphatic heterocycles. The van der Waals surface area contributed by atoms with Crippen LogP contribution in [0.3, 0.4) is 0 Å². The Morgan fingerprint density at radius 1 is 1.11 bits per heavy atom. The van der Waals surface area contributed by atoms with E-state index in [-0.39, 0.29) is 47.7 Å². The number of ether oxygens (including phenoxy) is 2. The first-order valence-electron chi connectivity index (χ1n) is 12.1. The summed E-state index contributed by atoms with van der Waals surface area (Å²) in [7, 11) is 0. The molecule has 8 nitrogen and oxygen atoms in total. The normalized spacial score (nSPS) is 15.6. The lowest BCUT2D eigenvalue weighted by molar-refractivity contribution is 0.201. The van der Waals surface area contributed by atoms with E-state index in [1.165, 1.54) is 28.8 Å². The summed E-state index contributed by atoms with van der Waals surface area (Å²) in [6.45, 7) is 1.91. The monoisotopic (exact) mass is 508 g/mol. The molecule has 0 radical (unpaired) electrons. The Labute approximate surface area is 211 Å². The molecule has 2 aromatic carbocycles. The van der Waals surface area contributed by atoms with Gasteiger partial charge in [0.1, 0.15) is 35.6 Å². The zero-order valence-electron chi connectivity index (χ0n) is 20.0. The zero-order chi connectivity index (χ0) is 25.8. The van der Waals surface area contributed by atoms with E-state index < -0.39 is 11.6 Å². The lowest BCUT2D eigenvalue weighted by Crippen LogP contribution is -2.35. The summed E-state index contributed by atoms with van der Waals surface area (Å²) in [6, 6.07) is 11.8. The number of hydrogen-bond acceptors (Lipinski definition) is 7. The number of rotatable bonds is 8. The van der Waals surface area contributed by atoms with Gasteiger partial charge >= 0.3 is 0 Å². The predicted octanol–water partition coefficient (Wildman–Crippen LogP) is 3.90. The summed E-state index contributed by atoms with van der Waals surface area (Å²) in [5.74, 6) is 0.149. The number of benzene rings is 2. The Balaban J connectivity index is 1.58. The Bertz CT molecular complexity index is 1450. The van der Waals surface area contributed by atoms with E-state index in [4.69, 9.17) is 14.6 Å². The van der Waals surface area contributed by atoms with Crippen LogP contribution >= 0.6 is 0 Å². The average molecular weight is 509 g/mol. The average Bonchev–Trinajstić information content (AvgIpc) is 2.91. The highest BCUT2D eigenvalue weighted by atomic mass is 19.1. The van der Waals surface area contributed by atoms with Crippen LogP contribution in [0, 0.1) is 17.6 Å². The van der Waals surface area contributed by atoms with E-state index in [1.807, 2.05) is 0 Å². The van der Waals surface area contributed by atoms with Gasteiger partial charge in [0.25, 0.3) is 5.56 Å². The third kappa shape index (κ3) is 5.60. The van der Waals surface area contributed by atoms with Crippen molar-refractivity contribution in [3.8, 4) is 28.8 Å². The van der Waals surface area contributed by atoms with Gasteiger partial charge in [0, 0.05) is 18.7 Å². The molecule has 4 aromatic rings. The zero-order valence-corrected chi connectivity index (χ0v) is 20.0. The minimum atomic E-state index is -0.584. The molecule has 5 rings (SSSR count). The molecule has 0 spiro atoms. The second-order valence-corrected chi connectivity index (χ2v) is 8.87. The van der Waals surface area contributed by atoms with Gasteiger partial charge in [-0.05, 0) is 68.2 Å². The van der Waals surface area contributed by atoms with Crippen molar-refractivity contribution in [2.75, 3.05) is 26.3 Å². The number of aliphatic hydroxyl groups is 1. The summed E-state index contributed by atoms with van der Waals surface area (Å²) >= 11 is 0. The minimum absolute atomic E-state index is 0.0459. The van der Waals surface area contributed by atoms with E-state index in [1.54, 1.807) is 24.3 Å². The summed E-state index contributed by atoms with van der Waals surface area (Å²) in [5, 5.41) is 12.6. The van der Waals surface area contributed by atoms with Crippen molar-refractivity contribution < 1.29 is 23.4 Å². The Morgan fingerprint density at radius 2 is 1.97 bits per heavy atom. The van der Waals surface area contributed by atoms with Crippen LogP contribution in [-0.4, -0.2) is 45.9 Å². The van der Waals surface area contributed by atoms with Crippen LogP contribution < -0.4 is 20.3 Å². The fourth-order valence-corrected chi connectivity index (χ4v) is 4.45. The summed E-state index contributed by atoms with van der Waals surface area (Å²) in [6.07, 6.45) is 2.97. The molecule has 1 aliphatic rings. The van der Waals surface area contributed by atoms with Crippen molar-refractivity contribution in [1.29, 1.82) is 0 Å². The lowest BCUT2D eigenvalue weighted by Gasteiger charge is -2.25. The third-order valence-corrected chi connectivity index (χ3v) is 6.23. The number of pyridine rings is 1. The number of nitrogens with zero attached hydrogens (tertiary/aromatic N) is 3. The van der Waals surface area contributed by atoms with Crippen LogP contribution in [-0.2, 0) is 6.54 Å². The molecule has 192 valence electrons. The Morgan fingerprint density at radius 3 is 2.70 bits per heavy atom. The number of piperidine rings is 1. The van der Waals surface area contributed by atoms with Gasteiger partial charge in [0.15, 0.2) is 0 Å². The van der Waals surface area contributed by atoms with Gasteiger partial charge < -0.3 is 19.9 Å². The molecule has 37 heavy (non-hydrogen) atoms. The smallest absolute Gasteiger partial charge is 0.261 e. The predicted molar refractivity (Wildman–Crippen MR) is 134 cm³/mol. The van der Waals surface area contributed by atoms with Crippen molar-refractivity contribution in [1.82, 2.24) is 19.9 Å². The minimum Gasteiger partial charge on any atom is -0.491 e. The van der Waals surface area contributed by atoms with E-state index in [2.05, 4.69) is 15.3 Å². The van der Waals surface area contributed by atoms with E-state index in [9.17, 15) is 9.18 Å². The molecule has 1 fully saturated rings. The SMILES string of the molecule is O=c1c2cc(Oc3ccc(F)cn3)ccc2nc(-c2ccc(OCCO)cc2F)n1C[C@H]1CCCNC1. The molecule has 10 heteroatoms. The van der Waals surface area contributed by atoms with Crippen molar-refractivity contribution in [2.24, 2.45) is 5.92 Å². The Kier molecular flexibility index (Phi) is 7.38. The first kappa shape index (κ1) is 24.8. The largest absolute Gasteiger partial charge is 0.491 e. The highest BCUT2D eigenvalue weighted by molar-refractivity contribution is 5.81. The molecule has 0 aliphatic carbocycles. The Hall–Kier alpha value is -3.89. The number of halogens is 2. The number of hydrogen-bond donors (Lipinski definition) is 2. The van der Waals surface area contributed by atoms with Crippen molar-refractivity contribution in [3.05, 3.63) is 76.7 Å². The van der Waals surface area contributed by atoms with Gasteiger partial charge in [-0.15, -0.1) is 0 Å². The molecule has 1 atom stereocenters. The first-order valence-corrected chi connectivity index (χ1v) is 12.1. The summed E-state index contributed by atoms with van der Waals surface area (Å²) < 4.78 is 41.0. The molecule has 3 heterocycles. The second kappa shape index (κ2) is 11.0. The van der Waals surface area contributed by atoms with Gasteiger partial charge in [-0.2, -0.15) is 0 Å². The molecular formula is C27H26F2N4O4. The lowest BCUT2D eigenvalue weighted by atomic mass is 9.99. The van der Waals surface area contributed by atoms with Crippen LogP contribution in [0.5, 0.6) is 17.4 Å². The molecule has 0 unspecified atom stereocenters. The van der Waals surface area contributed by atoms with Crippen LogP contribution in [0.15, 0.2) is 59.5 Å². The van der Waals surface area contributed by atoms with Crippen LogP contribution in [0.1, 0.15) is 12.8 Å². The van der Waals surface area contributed by atoms with Gasteiger partial charge in [-0.1, -0.05) is 0 Å². The van der Waals surface area contributed by atoms with Gasteiger partial charge in [-0.25, -0.2) is 18.7 Å². The topological polar surface area (TPSA) is 98.5 Å². The first-order chi connectivity index (χ1) is 18.0. The number of aliphatic hydroxyl groups excluding tert-OH is 1. The van der Waals surface area contributed by atoms with Gasteiger partial charge in [0.2, 0.25) is 5.88 Å². The van der Waals surface area contributed by atoms with Crippen molar-refractivity contribution in [3.63, 3.8) is 0 Å². The third-order valence-electron chi connectivity index (χ3n) is 6.23. The van der Waals surface area contributed by atoms with Gasteiger partial charge in [-0.3, -0.25) is 9.36 Å². The van der Waals surface area contributed by atoms with Crippen LogP contribution in [0.2, 0.25) is 0 Å². The van der Waals surface area contributed by atoms with Crippen LogP contribution in [0.4, 0.5) is 8.78 Å². The van der Waals surface area contributed by atoms with Crippen molar-refractivity contribution in [2.45, 2.75) is 19.4 Å². The maximum atomic E-state index is 15.2. The molecule has 0 amide bonds. The number of nitrogens with one attached hydrogen (secondary N) is 1. The van der Waals surface area contributed by atoms with E-state index in [0.717, 1.165) is 32.1 Å². The summed E-state index contributed by atoms with van der Waals surface area (Å²) in [5.41, 5.74) is 0.246. The maximum absolute atomic E-state index is 15.2. The molecule has 0 saturated carbocycles. The highest BCUT2D eigenvalue weighted by Gasteiger charge is 2.21. The van der Waals surface area contributed by atoms with Crippen LogP contribution in [0.25, 0.3) is 22.3 Å². The molecule has 0 bridgehead atoms.